The van der Waals surface area contributed by atoms with E-state index < -0.39 is 0 Å². The van der Waals surface area contributed by atoms with E-state index in [0.717, 1.165) is 6.42 Å². The van der Waals surface area contributed by atoms with Gasteiger partial charge in [-0.3, -0.25) is 14.4 Å². The fourth-order valence-corrected chi connectivity index (χ4v) is 2.65. The summed E-state index contributed by atoms with van der Waals surface area (Å²) in [6, 6.07) is 15.7. The van der Waals surface area contributed by atoms with E-state index >= 15 is 0 Å². The smallest absolute Gasteiger partial charge is 0.251 e. The molecular formula is C20H21N3O3. The molecule has 6 heteroatoms. The number of nitrogens with one attached hydrogen (secondary N) is 3. The molecule has 1 fully saturated rings. The van der Waals surface area contributed by atoms with Gasteiger partial charge in [-0.15, -0.1) is 0 Å². The van der Waals surface area contributed by atoms with E-state index in [4.69, 9.17) is 0 Å². The average Bonchev–Trinajstić information content (AvgIpc) is 3.38. The average molecular weight is 351 g/mol. The second-order valence-electron chi connectivity index (χ2n) is 6.49. The molecule has 0 heterocycles. The van der Waals surface area contributed by atoms with E-state index in [9.17, 15) is 14.4 Å². The van der Waals surface area contributed by atoms with E-state index in [1.807, 2.05) is 25.1 Å². The third-order valence-electron chi connectivity index (χ3n) is 4.31. The lowest BCUT2D eigenvalue weighted by Crippen LogP contribution is -2.32. The Morgan fingerprint density at radius 2 is 1.65 bits per heavy atom. The Balaban J connectivity index is 1.52. The Labute approximate surface area is 152 Å². The van der Waals surface area contributed by atoms with Crippen molar-refractivity contribution >= 4 is 29.1 Å². The topological polar surface area (TPSA) is 87.3 Å². The van der Waals surface area contributed by atoms with Gasteiger partial charge in [-0.05, 0) is 42.7 Å². The minimum absolute atomic E-state index is 0.0164. The summed E-state index contributed by atoms with van der Waals surface area (Å²) >= 11 is 0. The number of carbonyl (C=O) groups excluding carboxylic acids is 3. The Morgan fingerprint density at radius 1 is 0.962 bits per heavy atom. The van der Waals surface area contributed by atoms with E-state index in [-0.39, 0.29) is 30.2 Å². The first-order valence-electron chi connectivity index (χ1n) is 8.57. The van der Waals surface area contributed by atoms with Gasteiger partial charge in [0.1, 0.15) is 0 Å². The molecule has 1 saturated carbocycles. The minimum atomic E-state index is -0.371. The van der Waals surface area contributed by atoms with Gasteiger partial charge < -0.3 is 16.0 Å². The summed E-state index contributed by atoms with van der Waals surface area (Å²) in [6.07, 6.45) is 0.905. The molecule has 0 bridgehead atoms. The number of amides is 3. The van der Waals surface area contributed by atoms with Crippen molar-refractivity contribution in [3.05, 3.63) is 60.2 Å². The summed E-state index contributed by atoms with van der Waals surface area (Å²) in [6.45, 7) is 1.90. The van der Waals surface area contributed by atoms with Crippen LogP contribution in [0.15, 0.2) is 54.6 Å². The van der Waals surface area contributed by atoms with Crippen molar-refractivity contribution < 1.29 is 14.4 Å². The largest absolute Gasteiger partial charge is 0.343 e. The number of anilines is 2. The Kier molecular flexibility index (Phi) is 5.31. The summed E-state index contributed by atoms with van der Waals surface area (Å²) < 4.78 is 0. The van der Waals surface area contributed by atoms with Crippen LogP contribution in [0.25, 0.3) is 0 Å². The molecule has 2 aromatic rings. The maximum absolute atomic E-state index is 12.2. The molecule has 6 nitrogen and oxygen atoms in total. The van der Waals surface area contributed by atoms with Crippen LogP contribution >= 0.6 is 0 Å². The monoisotopic (exact) mass is 351 g/mol. The molecule has 0 aromatic heterocycles. The third-order valence-corrected chi connectivity index (χ3v) is 4.31. The molecule has 2 aromatic carbocycles. The van der Waals surface area contributed by atoms with E-state index in [1.165, 1.54) is 0 Å². The highest BCUT2D eigenvalue weighted by molar-refractivity contribution is 6.01. The summed E-state index contributed by atoms with van der Waals surface area (Å²) in [5.74, 6) is -0.211. The van der Waals surface area contributed by atoms with Gasteiger partial charge in [0.25, 0.3) is 5.91 Å². The zero-order valence-corrected chi connectivity index (χ0v) is 14.5. The van der Waals surface area contributed by atoms with Crippen molar-refractivity contribution in [1.82, 2.24) is 5.32 Å². The highest BCUT2D eigenvalue weighted by Gasteiger charge is 2.39. The highest BCUT2D eigenvalue weighted by Crippen LogP contribution is 2.38. The zero-order chi connectivity index (χ0) is 18.5. The van der Waals surface area contributed by atoms with Gasteiger partial charge in [0.15, 0.2) is 0 Å². The van der Waals surface area contributed by atoms with Crippen molar-refractivity contribution in [2.45, 2.75) is 13.3 Å². The van der Waals surface area contributed by atoms with Crippen LogP contribution in [0, 0.1) is 11.8 Å². The van der Waals surface area contributed by atoms with Crippen molar-refractivity contribution in [3.8, 4) is 0 Å². The van der Waals surface area contributed by atoms with Crippen LogP contribution < -0.4 is 16.0 Å². The van der Waals surface area contributed by atoms with Crippen LogP contribution in [-0.4, -0.2) is 24.3 Å². The molecule has 26 heavy (non-hydrogen) atoms. The van der Waals surface area contributed by atoms with Gasteiger partial charge >= 0.3 is 0 Å². The SMILES string of the molecule is CC1CC1C(=O)Nc1cccc(C(=O)NCC(=O)Nc2ccccc2)c1. The fourth-order valence-electron chi connectivity index (χ4n) is 2.65. The predicted molar refractivity (Wildman–Crippen MR) is 99.7 cm³/mol. The molecule has 3 amide bonds. The predicted octanol–water partition coefficient (Wildman–Crippen LogP) is 2.65. The first-order valence-corrected chi connectivity index (χ1v) is 8.57. The van der Waals surface area contributed by atoms with Crippen LogP contribution in [0.2, 0.25) is 0 Å². The van der Waals surface area contributed by atoms with E-state index in [1.54, 1.807) is 36.4 Å². The maximum Gasteiger partial charge on any atom is 0.251 e. The number of hydrogen-bond acceptors (Lipinski definition) is 3. The Bertz CT molecular complexity index is 820. The van der Waals surface area contributed by atoms with Crippen LogP contribution in [0.4, 0.5) is 11.4 Å². The number of rotatable bonds is 6. The number of benzene rings is 2. The molecular weight excluding hydrogens is 330 g/mol. The second kappa shape index (κ2) is 7.82. The summed E-state index contributed by atoms with van der Waals surface area (Å²) in [5, 5.41) is 8.11. The highest BCUT2D eigenvalue weighted by atomic mass is 16.2. The lowest BCUT2D eigenvalue weighted by atomic mass is 10.2. The minimum Gasteiger partial charge on any atom is -0.343 e. The number of hydrogen-bond donors (Lipinski definition) is 3. The molecule has 134 valence electrons. The van der Waals surface area contributed by atoms with Gasteiger partial charge in [-0.1, -0.05) is 31.2 Å². The Morgan fingerprint density at radius 3 is 2.35 bits per heavy atom. The van der Waals surface area contributed by atoms with Gasteiger partial charge in [0.2, 0.25) is 11.8 Å². The van der Waals surface area contributed by atoms with Crippen LogP contribution in [0.5, 0.6) is 0 Å². The van der Waals surface area contributed by atoms with Crippen molar-refractivity contribution in [1.29, 1.82) is 0 Å². The summed E-state index contributed by atoms with van der Waals surface area (Å²) in [7, 11) is 0. The molecule has 0 saturated heterocycles. The molecule has 1 aliphatic rings. The van der Waals surface area contributed by atoms with Gasteiger partial charge in [-0.2, -0.15) is 0 Å². The Hall–Kier alpha value is -3.15. The first-order chi connectivity index (χ1) is 12.5. The number of para-hydroxylation sites is 1. The van der Waals surface area contributed by atoms with Crippen LogP contribution in [0.3, 0.4) is 0 Å². The lowest BCUT2D eigenvalue weighted by molar-refractivity contribution is -0.117. The molecule has 1 aliphatic carbocycles. The molecule has 2 atom stereocenters. The third kappa shape index (κ3) is 4.69. The van der Waals surface area contributed by atoms with E-state index in [0.29, 0.717) is 22.9 Å². The molecule has 0 aliphatic heterocycles. The maximum atomic E-state index is 12.2. The van der Waals surface area contributed by atoms with Gasteiger partial charge in [-0.25, -0.2) is 0 Å². The van der Waals surface area contributed by atoms with Crippen LogP contribution in [0.1, 0.15) is 23.7 Å². The molecule has 3 rings (SSSR count). The van der Waals surface area contributed by atoms with Gasteiger partial charge in [0.05, 0.1) is 6.54 Å². The summed E-state index contributed by atoms with van der Waals surface area (Å²) in [5.41, 5.74) is 1.64. The summed E-state index contributed by atoms with van der Waals surface area (Å²) in [4.78, 5) is 36.1. The molecule has 2 unspecified atom stereocenters. The van der Waals surface area contributed by atoms with Crippen LogP contribution in [-0.2, 0) is 9.59 Å². The standard InChI is InChI=1S/C20H21N3O3/c1-13-10-17(13)20(26)23-16-9-5-6-14(11-16)19(25)21-12-18(24)22-15-7-3-2-4-8-15/h2-9,11,13,17H,10,12H2,1H3,(H,21,25)(H,22,24)(H,23,26). The van der Waals surface area contributed by atoms with Gasteiger partial charge in [0, 0.05) is 22.9 Å². The first kappa shape index (κ1) is 17.7. The van der Waals surface area contributed by atoms with Crippen molar-refractivity contribution in [3.63, 3.8) is 0 Å². The second-order valence-corrected chi connectivity index (χ2v) is 6.49. The number of carbonyl (C=O) groups is 3. The molecule has 0 radical (unpaired) electrons. The van der Waals surface area contributed by atoms with E-state index in [2.05, 4.69) is 16.0 Å². The zero-order valence-electron chi connectivity index (χ0n) is 14.5. The quantitative estimate of drug-likeness (QED) is 0.748. The lowest BCUT2D eigenvalue weighted by Gasteiger charge is -2.09. The van der Waals surface area contributed by atoms with Crippen molar-refractivity contribution in [2.24, 2.45) is 11.8 Å². The molecule has 3 N–H and O–H groups in total. The van der Waals surface area contributed by atoms with Crippen molar-refractivity contribution in [2.75, 3.05) is 17.2 Å². The normalized spacial score (nSPS) is 17.9. The fraction of sp³-hybridized carbons (Fsp3) is 0.250. The molecule has 0 spiro atoms.